The molecule has 4 aliphatic carbocycles. The van der Waals surface area contributed by atoms with Gasteiger partial charge in [0, 0.05) is 24.7 Å². The summed E-state index contributed by atoms with van der Waals surface area (Å²) < 4.78 is 0. The Balaban J connectivity index is 1.60. The molecule has 4 aliphatic rings. The molecule has 0 bridgehead atoms. The number of aliphatic hydroxyl groups is 1. The normalized spacial score (nSPS) is 48.0. The van der Waals surface area contributed by atoms with Crippen LogP contribution < -0.4 is 0 Å². The van der Waals surface area contributed by atoms with Crippen molar-refractivity contribution in [3.8, 4) is 0 Å². The summed E-state index contributed by atoms with van der Waals surface area (Å²) in [7, 11) is 0. The third kappa shape index (κ3) is 2.98. The zero-order valence-corrected chi connectivity index (χ0v) is 17.5. The summed E-state index contributed by atoms with van der Waals surface area (Å²) in [6.45, 7) is 8.79. The van der Waals surface area contributed by atoms with Gasteiger partial charge < -0.3 is 10.2 Å². The molecule has 4 fully saturated rings. The lowest BCUT2D eigenvalue weighted by molar-refractivity contribution is -0.177. The second-order valence-corrected chi connectivity index (χ2v) is 10.8. The van der Waals surface area contributed by atoms with Crippen LogP contribution in [-0.4, -0.2) is 28.1 Å². The number of fused-ring (bicyclic) bond motifs is 5. The van der Waals surface area contributed by atoms with E-state index in [4.69, 9.17) is 5.11 Å². The maximum absolute atomic E-state index is 13.4. The number of carboxylic acid groups (broad SMARTS) is 1. The van der Waals surface area contributed by atoms with E-state index in [1.807, 2.05) is 0 Å². The van der Waals surface area contributed by atoms with Gasteiger partial charge in [-0.15, -0.1) is 0 Å². The third-order valence-corrected chi connectivity index (χ3v) is 9.50. The van der Waals surface area contributed by atoms with Gasteiger partial charge in [0.1, 0.15) is 5.78 Å². The Morgan fingerprint density at radius 2 is 1.96 bits per heavy atom. The van der Waals surface area contributed by atoms with E-state index in [0.29, 0.717) is 36.4 Å². The Morgan fingerprint density at radius 1 is 1.21 bits per heavy atom. The summed E-state index contributed by atoms with van der Waals surface area (Å²) in [4.78, 5) is 24.3. The van der Waals surface area contributed by atoms with Gasteiger partial charge in [0.15, 0.2) is 0 Å². The summed E-state index contributed by atoms with van der Waals surface area (Å²) in [5.41, 5.74) is 1.28. The van der Waals surface area contributed by atoms with Crippen LogP contribution in [0.4, 0.5) is 0 Å². The third-order valence-electron chi connectivity index (χ3n) is 9.50. The fourth-order valence-corrected chi connectivity index (χ4v) is 8.02. The Hall–Kier alpha value is -1.16. The molecule has 4 rings (SSSR count). The van der Waals surface area contributed by atoms with Gasteiger partial charge in [0.25, 0.3) is 0 Å². The van der Waals surface area contributed by atoms with Gasteiger partial charge >= 0.3 is 5.97 Å². The van der Waals surface area contributed by atoms with Crippen LogP contribution in [0.2, 0.25) is 0 Å². The molecule has 0 heterocycles. The molecule has 28 heavy (non-hydrogen) atoms. The van der Waals surface area contributed by atoms with Gasteiger partial charge in [-0.25, -0.2) is 0 Å². The Bertz CT molecular complexity index is 684. The molecule has 4 saturated carbocycles. The van der Waals surface area contributed by atoms with E-state index >= 15 is 0 Å². The van der Waals surface area contributed by atoms with Gasteiger partial charge in [0.05, 0.1) is 6.10 Å². The van der Waals surface area contributed by atoms with E-state index in [1.165, 1.54) is 5.57 Å². The minimum absolute atomic E-state index is 0.00848. The molecule has 0 aromatic heterocycles. The summed E-state index contributed by atoms with van der Waals surface area (Å²) in [5.74, 6) is 0.845. The van der Waals surface area contributed by atoms with E-state index in [9.17, 15) is 14.7 Å². The standard InChI is InChI=1S/C24H36O4/c1-14-9-10-23(2)16(11-14)12-18(25)21-17-8-7-15(5-4-6-20(27)28)24(17,3)13-19(26)22(21)23/h15-17,19,21-22,26H,1,4-13H2,2-3H3,(H,27,28)/t15-,16?,17?,19?,21?,22?,23?,24?/m0/s1. The number of allylic oxidation sites excluding steroid dienone is 1. The maximum Gasteiger partial charge on any atom is 0.303 e. The Kier molecular flexibility index (Phi) is 5.01. The van der Waals surface area contributed by atoms with E-state index in [-0.39, 0.29) is 29.1 Å². The number of Topliss-reactive ketones (excluding diaryl/α,β-unsaturated/α-hetero) is 1. The summed E-state index contributed by atoms with van der Waals surface area (Å²) in [6, 6.07) is 0. The van der Waals surface area contributed by atoms with Gasteiger partial charge in [-0.3, -0.25) is 9.59 Å². The van der Waals surface area contributed by atoms with Crippen LogP contribution >= 0.6 is 0 Å². The zero-order valence-electron chi connectivity index (χ0n) is 17.5. The molecule has 0 saturated heterocycles. The first-order valence-electron chi connectivity index (χ1n) is 11.3. The number of ketones is 1. The van der Waals surface area contributed by atoms with Crippen molar-refractivity contribution in [3.05, 3.63) is 12.2 Å². The number of aliphatic hydroxyl groups excluding tert-OH is 1. The minimum atomic E-state index is -0.733. The Labute approximate surface area is 168 Å². The number of rotatable bonds is 4. The molecule has 0 spiro atoms. The SMILES string of the molecule is C=C1CCC2(C)C(C1)CC(=O)C1C2C(O)CC2(C)C1CC[C@@H]2CCCC(=O)O. The molecule has 0 aromatic rings. The molecule has 8 atom stereocenters. The fourth-order valence-electron chi connectivity index (χ4n) is 8.02. The van der Waals surface area contributed by atoms with E-state index < -0.39 is 12.1 Å². The molecule has 0 aliphatic heterocycles. The average Bonchev–Trinajstić information content (AvgIpc) is 2.92. The molecule has 0 aromatic carbocycles. The number of carbonyl (C=O) groups excluding carboxylic acids is 1. The van der Waals surface area contributed by atoms with Crippen molar-refractivity contribution in [2.75, 3.05) is 0 Å². The lowest BCUT2D eigenvalue weighted by Crippen LogP contribution is -2.61. The largest absolute Gasteiger partial charge is 0.481 e. The molecular weight excluding hydrogens is 352 g/mol. The summed E-state index contributed by atoms with van der Waals surface area (Å²) in [6.07, 6.45) is 7.96. The van der Waals surface area contributed by atoms with Crippen molar-refractivity contribution >= 4 is 11.8 Å². The summed E-state index contributed by atoms with van der Waals surface area (Å²) in [5, 5.41) is 20.3. The number of aliphatic carboxylic acids is 1. The quantitative estimate of drug-likeness (QED) is 0.690. The van der Waals surface area contributed by atoms with Crippen molar-refractivity contribution in [1.29, 1.82) is 0 Å². The van der Waals surface area contributed by atoms with Crippen LogP contribution in [0.1, 0.15) is 78.1 Å². The molecule has 4 heteroatoms. The fraction of sp³-hybridized carbons (Fsp3) is 0.833. The van der Waals surface area contributed by atoms with E-state index in [2.05, 4.69) is 20.4 Å². The van der Waals surface area contributed by atoms with Gasteiger partial charge in [-0.2, -0.15) is 0 Å². The monoisotopic (exact) mass is 388 g/mol. The van der Waals surface area contributed by atoms with Crippen molar-refractivity contribution in [1.82, 2.24) is 0 Å². The van der Waals surface area contributed by atoms with Crippen molar-refractivity contribution in [3.63, 3.8) is 0 Å². The van der Waals surface area contributed by atoms with Crippen LogP contribution in [0.3, 0.4) is 0 Å². The predicted molar refractivity (Wildman–Crippen MR) is 108 cm³/mol. The second-order valence-electron chi connectivity index (χ2n) is 10.8. The lowest BCUT2D eigenvalue weighted by Gasteiger charge is -2.61. The molecule has 7 unspecified atom stereocenters. The first-order chi connectivity index (χ1) is 13.2. The summed E-state index contributed by atoms with van der Waals surface area (Å²) >= 11 is 0. The highest BCUT2D eigenvalue weighted by Crippen LogP contribution is 2.67. The number of carboxylic acids is 1. The first kappa shape index (κ1) is 20.1. The Morgan fingerprint density at radius 3 is 2.68 bits per heavy atom. The lowest BCUT2D eigenvalue weighted by atomic mass is 9.43. The highest BCUT2D eigenvalue weighted by molar-refractivity contribution is 5.83. The number of hydrogen-bond donors (Lipinski definition) is 2. The maximum atomic E-state index is 13.4. The van der Waals surface area contributed by atoms with E-state index in [0.717, 1.165) is 44.9 Å². The van der Waals surface area contributed by atoms with Crippen LogP contribution in [0.15, 0.2) is 12.2 Å². The van der Waals surface area contributed by atoms with Crippen LogP contribution in [-0.2, 0) is 9.59 Å². The van der Waals surface area contributed by atoms with Crippen LogP contribution in [0.25, 0.3) is 0 Å². The smallest absolute Gasteiger partial charge is 0.303 e. The van der Waals surface area contributed by atoms with Gasteiger partial charge in [0.2, 0.25) is 0 Å². The predicted octanol–water partition coefficient (Wildman–Crippen LogP) is 4.61. The molecule has 156 valence electrons. The first-order valence-corrected chi connectivity index (χ1v) is 11.3. The second kappa shape index (κ2) is 6.97. The highest BCUT2D eigenvalue weighted by Gasteiger charge is 2.64. The zero-order chi connectivity index (χ0) is 20.3. The minimum Gasteiger partial charge on any atom is -0.481 e. The topological polar surface area (TPSA) is 74.6 Å². The van der Waals surface area contributed by atoms with Gasteiger partial charge in [-0.1, -0.05) is 26.0 Å². The molecule has 0 radical (unpaired) electrons. The van der Waals surface area contributed by atoms with Crippen LogP contribution in [0.5, 0.6) is 0 Å². The van der Waals surface area contributed by atoms with Crippen molar-refractivity contribution in [2.24, 2.45) is 40.4 Å². The molecule has 0 amide bonds. The number of carbonyl (C=O) groups is 2. The highest BCUT2D eigenvalue weighted by atomic mass is 16.4. The number of hydrogen-bond acceptors (Lipinski definition) is 3. The van der Waals surface area contributed by atoms with Crippen molar-refractivity contribution < 1.29 is 19.8 Å². The average molecular weight is 389 g/mol. The molecular formula is C24H36O4. The van der Waals surface area contributed by atoms with Crippen LogP contribution in [0, 0.1) is 40.4 Å². The molecule has 4 nitrogen and oxygen atoms in total. The van der Waals surface area contributed by atoms with Crippen molar-refractivity contribution in [2.45, 2.75) is 84.2 Å². The van der Waals surface area contributed by atoms with Gasteiger partial charge in [-0.05, 0) is 80.0 Å². The molecule has 2 N–H and O–H groups in total. The van der Waals surface area contributed by atoms with E-state index in [1.54, 1.807) is 0 Å².